The van der Waals surface area contributed by atoms with Gasteiger partial charge in [0.1, 0.15) is 6.67 Å². The van der Waals surface area contributed by atoms with Gasteiger partial charge in [0.2, 0.25) is 0 Å². The predicted octanol–water partition coefficient (Wildman–Crippen LogP) is 2.56. The Morgan fingerprint density at radius 3 is 2.29 bits per heavy atom. The molecule has 0 unspecified atom stereocenters. The third-order valence-corrected chi connectivity index (χ3v) is 2.20. The van der Waals surface area contributed by atoms with Crippen molar-refractivity contribution in [1.29, 1.82) is 0 Å². The van der Waals surface area contributed by atoms with Gasteiger partial charge in [-0.2, -0.15) is 0 Å². The van der Waals surface area contributed by atoms with Gasteiger partial charge < -0.3 is 0 Å². The maximum absolute atomic E-state index is 11.8. The van der Waals surface area contributed by atoms with Gasteiger partial charge in [0.05, 0.1) is 6.42 Å². The van der Waals surface area contributed by atoms with E-state index in [0.29, 0.717) is 5.56 Å². The molecule has 0 aliphatic rings. The summed E-state index contributed by atoms with van der Waals surface area (Å²) in [6, 6.07) is 6.59. The summed E-state index contributed by atoms with van der Waals surface area (Å²) in [5.41, 5.74) is 0.426. The van der Waals surface area contributed by atoms with Crippen molar-refractivity contribution in [2.24, 2.45) is 0 Å². The van der Waals surface area contributed by atoms with Gasteiger partial charge in [-0.05, 0) is 12.1 Å². The van der Waals surface area contributed by atoms with E-state index >= 15 is 0 Å². The first-order chi connectivity index (χ1) is 6.63. The molecule has 4 heteroatoms. The van der Waals surface area contributed by atoms with Crippen LogP contribution in [-0.4, -0.2) is 18.2 Å². The van der Waals surface area contributed by atoms with Gasteiger partial charge in [-0.15, -0.1) is 0 Å². The fourth-order valence-electron chi connectivity index (χ4n) is 0.964. The molecule has 1 aromatic carbocycles. The van der Waals surface area contributed by atoms with E-state index in [4.69, 9.17) is 0 Å². The van der Waals surface area contributed by atoms with Crippen LogP contribution in [-0.2, 0) is 4.79 Å². The van der Waals surface area contributed by atoms with E-state index in [9.17, 15) is 14.0 Å². The number of benzene rings is 1. The van der Waals surface area contributed by atoms with Gasteiger partial charge in [0.15, 0.2) is 11.6 Å². The third kappa shape index (κ3) is 3.03. The highest BCUT2D eigenvalue weighted by Crippen LogP contribution is 2.12. The van der Waals surface area contributed by atoms with Crippen molar-refractivity contribution in [3.63, 3.8) is 0 Å². The zero-order valence-electron chi connectivity index (χ0n) is 7.30. The van der Waals surface area contributed by atoms with Crippen LogP contribution in [0.2, 0.25) is 0 Å². The van der Waals surface area contributed by atoms with Crippen molar-refractivity contribution in [3.05, 3.63) is 34.3 Å². The lowest BCUT2D eigenvalue weighted by molar-refractivity contribution is -0.119. The van der Waals surface area contributed by atoms with Crippen LogP contribution in [0.25, 0.3) is 0 Å². The fourth-order valence-corrected chi connectivity index (χ4v) is 1.23. The van der Waals surface area contributed by atoms with Crippen LogP contribution in [0.3, 0.4) is 0 Å². The topological polar surface area (TPSA) is 34.1 Å². The Labute approximate surface area is 89.2 Å². The van der Waals surface area contributed by atoms with Crippen LogP contribution in [0.4, 0.5) is 4.39 Å². The molecule has 0 heterocycles. The lowest BCUT2D eigenvalue weighted by Crippen LogP contribution is -2.09. The molecule has 74 valence electrons. The molecule has 0 fully saturated rings. The second-order valence-corrected chi connectivity index (χ2v) is 3.69. The van der Waals surface area contributed by atoms with Gasteiger partial charge in [-0.25, -0.2) is 4.39 Å². The molecule has 0 saturated heterocycles. The largest absolute Gasteiger partial charge is 0.296 e. The highest BCUT2D eigenvalue weighted by Gasteiger charge is 2.10. The van der Waals surface area contributed by atoms with E-state index in [1.165, 1.54) is 0 Å². The molecule has 0 amide bonds. The van der Waals surface area contributed by atoms with Crippen LogP contribution in [0.15, 0.2) is 28.7 Å². The molecule has 0 aliphatic carbocycles. The van der Waals surface area contributed by atoms with Crippen molar-refractivity contribution in [2.45, 2.75) is 6.42 Å². The second-order valence-electron chi connectivity index (χ2n) is 2.78. The van der Waals surface area contributed by atoms with E-state index < -0.39 is 12.5 Å². The summed E-state index contributed by atoms with van der Waals surface area (Å²) in [6.45, 7) is -1.08. The minimum atomic E-state index is -1.08. The number of hydrogen-bond acceptors (Lipinski definition) is 2. The normalized spacial score (nSPS) is 9.86. The minimum Gasteiger partial charge on any atom is -0.296 e. The highest BCUT2D eigenvalue weighted by atomic mass is 79.9. The van der Waals surface area contributed by atoms with Gasteiger partial charge in [0.25, 0.3) is 0 Å². The molecule has 14 heavy (non-hydrogen) atoms. The quantitative estimate of drug-likeness (QED) is 0.615. The smallest absolute Gasteiger partial charge is 0.171 e. The van der Waals surface area contributed by atoms with Crippen LogP contribution in [0.1, 0.15) is 16.8 Å². The number of ketones is 2. The maximum atomic E-state index is 11.8. The predicted molar refractivity (Wildman–Crippen MR) is 54.1 cm³/mol. The van der Waals surface area contributed by atoms with Crippen LogP contribution in [0.5, 0.6) is 0 Å². The Morgan fingerprint density at radius 2 is 1.79 bits per heavy atom. The minimum absolute atomic E-state index is 0.347. The fraction of sp³-hybridized carbons (Fsp3) is 0.200. The number of hydrogen-bond donors (Lipinski definition) is 0. The molecule has 0 atom stereocenters. The lowest BCUT2D eigenvalue weighted by atomic mass is 10.1. The van der Waals surface area contributed by atoms with Gasteiger partial charge in [0, 0.05) is 10.0 Å². The number of rotatable bonds is 4. The molecule has 0 aliphatic heterocycles. The van der Waals surface area contributed by atoms with Gasteiger partial charge in [-0.3, -0.25) is 9.59 Å². The van der Waals surface area contributed by atoms with Crippen molar-refractivity contribution >= 4 is 27.5 Å². The van der Waals surface area contributed by atoms with Crippen molar-refractivity contribution < 1.29 is 14.0 Å². The van der Waals surface area contributed by atoms with Gasteiger partial charge >= 0.3 is 0 Å². The van der Waals surface area contributed by atoms with E-state index in [1.807, 2.05) is 0 Å². The zero-order chi connectivity index (χ0) is 10.6. The van der Waals surface area contributed by atoms with Crippen molar-refractivity contribution in [2.75, 3.05) is 6.67 Å². The van der Waals surface area contributed by atoms with E-state index in [2.05, 4.69) is 15.9 Å². The van der Waals surface area contributed by atoms with Crippen LogP contribution >= 0.6 is 15.9 Å². The SMILES string of the molecule is O=C(CF)CC(=O)c1ccc(Br)cc1. The summed E-state index contributed by atoms with van der Waals surface area (Å²) in [5, 5.41) is 0. The average Bonchev–Trinajstić information content (AvgIpc) is 2.18. The maximum Gasteiger partial charge on any atom is 0.171 e. The summed E-state index contributed by atoms with van der Waals surface area (Å²) in [4.78, 5) is 22.0. The summed E-state index contributed by atoms with van der Waals surface area (Å²) in [6.07, 6.45) is -0.363. The first kappa shape index (κ1) is 11.0. The highest BCUT2D eigenvalue weighted by molar-refractivity contribution is 9.10. The summed E-state index contributed by atoms with van der Waals surface area (Å²) in [5.74, 6) is -1.03. The number of Topliss-reactive ketones (excluding diaryl/α,β-unsaturated/α-hetero) is 2. The number of halogens is 2. The lowest BCUT2D eigenvalue weighted by Gasteiger charge is -1.98. The zero-order valence-corrected chi connectivity index (χ0v) is 8.88. The van der Waals surface area contributed by atoms with E-state index in [-0.39, 0.29) is 12.2 Å². The average molecular weight is 259 g/mol. The molecule has 0 N–H and O–H groups in total. The Bertz CT molecular complexity index is 346. The number of carbonyl (C=O) groups excluding carboxylic acids is 2. The van der Waals surface area contributed by atoms with Crippen LogP contribution < -0.4 is 0 Å². The van der Waals surface area contributed by atoms with Crippen LogP contribution in [0, 0.1) is 0 Å². The Kier molecular flexibility index (Phi) is 3.95. The second kappa shape index (κ2) is 5.00. The van der Waals surface area contributed by atoms with Crippen molar-refractivity contribution in [1.82, 2.24) is 0 Å². The first-order valence-electron chi connectivity index (χ1n) is 4.00. The number of alkyl halides is 1. The molecule has 1 rings (SSSR count). The van der Waals surface area contributed by atoms with Crippen molar-refractivity contribution in [3.8, 4) is 0 Å². The molecule has 2 nitrogen and oxygen atoms in total. The number of carbonyl (C=O) groups is 2. The molecule has 0 saturated carbocycles. The van der Waals surface area contributed by atoms with E-state index in [1.54, 1.807) is 24.3 Å². The van der Waals surface area contributed by atoms with E-state index in [0.717, 1.165) is 4.47 Å². The summed E-state index contributed by atoms with van der Waals surface area (Å²) in [7, 11) is 0. The molecular formula is C10H8BrFO2. The molecule has 0 spiro atoms. The first-order valence-corrected chi connectivity index (χ1v) is 4.79. The Morgan fingerprint density at radius 1 is 1.21 bits per heavy atom. The molecule has 1 aromatic rings. The standard InChI is InChI=1S/C10H8BrFO2/c11-8-3-1-7(2-4-8)10(14)5-9(13)6-12/h1-4H,5-6H2. The van der Waals surface area contributed by atoms with Gasteiger partial charge in [-0.1, -0.05) is 28.1 Å². The molecule has 0 aromatic heterocycles. The summed E-state index contributed by atoms with van der Waals surface area (Å²) < 4.78 is 12.7. The summed E-state index contributed by atoms with van der Waals surface area (Å²) >= 11 is 3.22. The monoisotopic (exact) mass is 258 g/mol. The third-order valence-electron chi connectivity index (χ3n) is 1.67. The Hall–Kier alpha value is -1.03. The molecule has 0 radical (unpaired) electrons. The molecular weight excluding hydrogens is 251 g/mol. The Balaban J connectivity index is 2.70. The molecule has 0 bridgehead atoms.